The molecule has 6 heteroatoms. The molecular formula is C12H14ClNO3S. The highest BCUT2D eigenvalue weighted by Crippen LogP contribution is 2.28. The summed E-state index contributed by atoms with van der Waals surface area (Å²) in [5, 5.41) is 4.47. The van der Waals surface area contributed by atoms with Gasteiger partial charge in [-0.2, -0.15) is 0 Å². The van der Waals surface area contributed by atoms with Gasteiger partial charge < -0.3 is 4.52 Å². The number of hydrogen-bond donors (Lipinski definition) is 0. The Labute approximate surface area is 110 Å². The van der Waals surface area contributed by atoms with Crippen LogP contribution in [0.5, 0.6) is 0 Å². The molecule has 0 fully saturated rings. The molecule has 18 heavy (non-hydrogen) atoms. The number of fused-ring (bicyclic) bond motifs is 1. The maximum absolute atomic E-state index is 11.1. The van der Waals surface area contributed by atoms with Gasteiger partial charge in [0, 0.05) is 16.1 Å². The molecule has 2 rings (SSSR count). The fourth-order valence-electron chi connectivity index (χ4n) is 1.72. The Bertz CT molecular complexity index is 683. The van der Waals surface area contributed by atoms with Crippen LogP contribution in [0.1, 0.15) is 32.0 Å². The molecule has 0 bridgehead atoms. The number of halogens is 1. The van der Waals surface area contributed by atoms with Crippen molar-refractivity contribution >= 4 is 30.7 Å². The summed E-state index contributed by atoms with van der Waals surface area (Å²) in [6.07, 6.45) is 0. The van der Waals surface area contributed by atoms with Gasteiger partial charge in [-0.25, -0.2) is 8.42 Å². The maximum atomic E-state index is 11.1. The molecule has 1 heterocycles. The van der Waals surface area contributed by atoms with Gasteiger partial charge in [-0.1, -0.05) is 32.0 Å². The molecule has 0 aliphatic rings. The Morgan fingerprint density at radius 2 is 2.00 bits per heavy atom. The molecule has 0 aliphatic heterocycles. The quantitative estimate of drug-likeness (QED) is 0.796. The van der Waals surface area contributed by atoms with Crippen molar-refractivity contribution in [3.8, 4) is 0 Å². The van der Waals surface area contributed by atoms with Gasteiger partial charge in [-0.05, 0) is 23.1 Å². The van der Waals surface area contributed by atoms with Crippen LogP contribution in [-0.2, 0) is 20.2 Å². The van der Waals surface area contributed by atoms with Gasteiger partial charge in [0.1, 0.15) is 11.4 Å². The maximum Gasteiger partial charge on any atom is 0.238 e. The molecule has 2 aromatic rings. The fourth-order valence-corrected chi connectivity index (χ4v) is 2.57. The number of benzene rings is 1. The van der Waals surface area contributed by atoms with Crippen molar-refractivity contribution in [2.45, 2.75) is 31.9 Å². The average Bonchev–Trinajstić information content (AvgIpc) is 2.57. The van der Waals surface area contributed by atoms with Crippen LogP contribution in [-0.4, -0.2) is 13.6 Å². The van der Waals surface area contributed by atoms with E-state index in [4.69, 9.17) is 15.2 Å². The first kappa shape index (κ1) is 13.4. The standard InChI is InChI=1S/C12H14ClNO3S/c1-12(2,3)8-4-5-11-9(6-8)10(14-17-11)7-18(13,15)16/h4-6H,7H2,1-3H3. The van der Waals surface area contributed by atoms with E-state index in [1.165, 1.54) is 0 Å². The molecule has 1 aromatic heterocycles. The van der Waals surface area contributed by atoms with Gasteiger partial charge in [0.25, 0.3) is 0 Å². The number of rotatable bonds is 2. The Hall–Kier alpha value is -1.07. The highest BCUT2D eigenvalue weighted by atomic mass is 35.7. The third-order valence-electron chi connectivity index (χ3n) is 2.72. The molecule has 0 spiro atoms. The highest BCUT2D eigenvalue weighted by molar-refractivity contribution is 8.13. The molecule has 98 valence electrons. The molecule has 0 amide bonds. The minimum Gasteiger partial charge on any atom is -0.356 e. The predicted molar refractivity (Wildman–Crippen MR) is 71.2 cm³/mol. The van der Waals surface area contributed by atoms with Crippen molar-refractivity contribution in [3.05, 3.63) is 29.5 Å². The third kappa shape index (κ3) is 2.84. The zero-order valence-electron chi connectivity index (χ0n) is 10.4. The van der Waals surface area contributed by atoms with Gasteiger partial charge in [0.2, 0.25) is 9.05 Å². The van der Waals surface area contributed by atoms with Crippen LogP contribution in [0.2, 0.25) is 0 Å². The monoisotopic (exact) mass is 287 g/mol. The third-order valence-corrected chi connectivity index (χ3v) is 3.67. The van der Waals surface area contributed by atoms with Crippen molar-refractivity contribution < 1.29 is 12.9 Å². The molecule has 0 atom stereocenters. The zero-order valence-corrected chi connectivity index (χ0v) is 12.0. The van der Waals surface area contributed by atoms with Crippen LogP contribution in [0.15, 0.2) is 22.7 Å². The van der Waals surface area contributed by atoms with E-state index in [1.807, 2.05) is 12.1 Å². The second-order valence-corrected chi connectivity index (χ2v) is 8.05. The van der Waals surface area contributed by atoms with Gasteiger partial charge >= 0.3 is 0 Å². The van der Waals surface area contributed by atoms with E-state index in [9.17, 15) is 8.42 Å². The summed E-state index contributed by atoms with van der Waals surface area (Å²) in [6, 6.07) is 5.66. The van der Waals surface area contributed by atoms with Crippen molar-refractivity contribution in [3.63, 3.8) is 0 Å². The van der Waals surface area contributed by atoms with E-state index >= 15 is 0 Å². The number of aromatic nitrogens is 1. The van der Waals surface area contributed by atoms with E-state index < -0.39 is 9.05 Å². The van der Waals surface area contributed by atoms with E-state index in [1.54, 1.807) is 6.07 Å². The van der Waals surface area contributed by atoms with Crippen LogP contribution in [0.25, 0.3) is 11.0 Å². The first-order chi connectivity index (χ1) is 8.17. The van der Waals surface area contributed by atoms with Crippen LogP contribution in [0.3, 0.4) is 0 Å². The Balaban J connectivity index is 2.57. The Morgan fingerprint density at radius 1 is 1.33 bits per heavy atom. The molecule has 1 aromatic carbocycles. The molecule has 0 saturated heterocycles. The Kier molecular flexibility index (Phi) is 3.15. The lowest BCUT2D eigenvalue weighted by Crippen LogP contribution is -2.10. The highest BCUT2D eigenvalue weighted by Gasteiger charge is 2.19. The molecule has 0 saturated carbocycles. The summed E-state index contributed by atoms with van der Waals surface area (Å²) in [4.78, 5) is 0. The lowest BCUT2D eigenvalue weighted by atomic mass is 9.86. The molecule has 0 unspecified atom stereocenters. The topological polar surface area (TPSA) is 60.2 Å². The molecule has 4 nitrogen and oxygen atoms in total. The lowest BCUT2D eigenvalue weighted by molar-refractivity contribution is 0.448. The van der Waals surface area contributed by atoms with E-state index in [0.29, 0.717) is 16.7 Å². The molecule has 0 aliphatic carbocycles. The van der Waals surface area contributed by atoms with Crippen molar-refractivity contribution in [1.82, 2.24) is 5.16 Å². The van der Waals surface area contributed by atoms with E-state index in [2.05, 4.69) is 25.9 Å². The summed E-state index contributed by atoms with van der Waals surface area (Å²) in [7, 11) is 1.61. The van der Waals surface area contributed by atoms with Crippen molar-refractivity contribution in [2.24, 2.45) is 0 Å². The fraction of sp³-hybridized carbons (Fsp3) is 0.417. The summed E-state index contributed by atoms with van der Waals surface area (Å²) < 4.78 is 27.3. The van der Waals surface area contributed by atoms with Gasteiger partial charge in [-0.3, -0.25) is 0 Å². The van der Waals surface area contributed by atoms with Crippen LogP contribution in [0, 0.1) is 0 Å². The SMILES string of the molecule is CC(C)(C)c1ccc2onc(CS(=O)(=O)Cl)c2c1. The molecule has 0 radical (unpaired) electrons. The molecule has 0 N–H and O–H groups in total. The number of nitrogens with zero attached hydrogens (tertiary/aromatic N) is 1. The van der Waals surface area contributed by atoms with Gasteiger partial charge in [0.05, 0.1) is 0 Å². The van der Waals surface area contributed by atoms with Crippen LogP contribution >= 0.6 is 10.7 Å². The first-order valence-corrected chi connectivity index (χ1v) is 7.96. The van der Waals surface area contributed by atoms with Crippen LogP contribution < -0.4 is 0 Å². The van der Waals surface area contributed by atoms with Crippen LogP contribution in [0.4, 0.5) is 0 Å². The van der Waals surface area contributed by atoms with Gasteiger partial charge in [-0.15, -0.1) is 0 Å². The first-order valence-electron chi connectivity index (χ1n) is 5.48. The summed E-state index contributed by atoms with van der Waals surface area (Å²) >= 11 is 0. The normalized spacial score (nSPS) is 13.1. The predicted octanol–water partition coefficient (Wildman–Crippen LogP) is 3.19. The minimum absolute atomic E-state index is 0.0252. The van der Waals surface area contributed by atoms with Crippen molar-refractivity contribution in [1.29, 1.82) is 0 Å². The summed E-state index contributed by atoms with van der Waals surface area (Å²) in [6.45, 7) is 6.25. The lowest BCUT2D eigenvalue weighted by Gasteiger charge is -2.18. The van der Waals surface area contributed by atoms with E-state index in [0.717, 1.165) is 5.56 Å². The molecular weight excluding hydrogens is 274 g/mol. The smallest absolute Gasteiger partial charge is 0.238 e. The zero-order chi connectivity index (χ0) is 13.6. The van der Waals surface area contributed by atoms with Gasteiger partial charge in [0.15, 0.2) is 5.58 Å². The van der Waals surface area contributed by atoms with Crippen molar-refractivity contribution in [2.75, 3.05) is 0 Å². The summed E-state index contributed by atoms with van der Waals surface area (Å²) in [5.41, 5.74) is 1.98. The number of hydrogen-bond acceptors (Lipinski definition) is 4. The average molecular weight is 288 g/mol. The largest absolute Gasteiger partial charge is 0.356 e. The Morgan fingerprint density at radius 3 is 2.56 bits per heavy atom. The second kappa shape index (κ2) is 4.24. The second-order valence-electron chi connectivity index (χ2n) is 5.27. The summed E-state index contributed by atoms with van der Waals surface area (Å²) in [5.74, 6) is -0.324. The minimum atomic E-state index is -3.64. The van der Waals surface area contributed by atoms with E-state index in [-0.39, 0.29) is 11.2 Å².